The number of benzene rings is 2. The predicted octanol–water partition coefficient (Wildman–Crippen LogP) is 2.92. The highest BCUT2D eigenvalue weighted by atomic mass is 19.1. The fourth-order valence-corrected chi connectivity index (χ4v) is 3.75. The third-order valence-electron chi connectivity index (χ3n) is 5.50. The highest BCUT2D eigenvalue weighted by Gasteiger charge is 2.34. The number of carbonyl (C=O) groups excluding carboxylic acids is 3. The molecular formula is C24H25F2N3O3. The van der Waals surface area contributed by atoms with Crippen LogP contribution in [-0.2, 0) is 4.79 Å². The minimum Gasteiger partial charge on any atom is -0.351 e. The Kier molecular flexibility index (Phi) is 7.70. The summed E-state index contributed by atoms with van der Waals surface area (Å²) >= 11 is 0. The smallest absolute Gasteiger partial charge is 0.256 e. The second-order valence-corrected chi connectivity index (χ2v) is 7.60. The van der Waals surface area contributed by atoms with Crippen molar-refractivity contribution in [3.63, 3.8) is 0 Å². The van der Waals surface area contributed by atoms with E-state index in [1.54, 1.807) is 11.0 Å². The van der Waals surface area contributed by atoms with Crippen molar-refractivity contribution in [2.45, 2.75) is 18.9 Å². The molecule has 2 aromatic rings. The molecule has 0 aliphatic carbocycles. The third-order valence-corrected chi connectivity index (χ3v) is 5.50. The van der Waals surface area contributed by atoms with Crippen molar-refractivity contribution >= 4 is 17.7 Å². The number of nitrogens with one attached hydrogen (secondary N) is 2. The van der Waals surface area contributed by atoms with Gasteiger partial charge in [0.2, 0.25) is 5.91 Å². The van der Waals surface area contributed by atoms with Gasteiger partial charge in [-0.2, -0.15) is 0 Å². The molecule has 6 nitrogen and oxygen atoms in total. The maximum atomic E-state index is 14.0. The van der Waals surface area contributed by atoms with Crippen LogP contribution in [0.25, 0.3) is 0 Å². The normalized spacial score (nSPS) is 15.0. The van der Waals surface area contributed by atoms with E-state index in [1.807, 2.05) is 0 Å². The maximum Gasteiger partial charge on any atom is 0.256 e. The van der Waals surface area contributed by atoms with Gasteiger partial charge in [-0.25, -0.2) is 8.78 Å². The molecule has 0 radical (unpaired) electrons. The van der Waals surface area contributed by atoms with Crippen molar-refractivity contribution in [2.75, 3.05) is 19.6 Å². The largest absolute Gasteiger partial charge is 0.351 e. The number of halogens is 2. The first kappa shape index (κ1) is 23.1. The lowest BCUT2D eigenvalue weighted by Gasteiger charge is -2.35. The van der Waals surface area contributed by atoms with E-state index in [-0.39, 0.29) is 29.5 Å². The van der Waals surface area contributed by atoms with Crippen molar-refractivity contribution in [3.05, 3.63) is 83.9 Å². The van der Waals surface area contributed by atoms with Crippen LogP contribution in [0.4, 0.5) is 8.78 Å². The monoisotopic (exact) mass is 441 g/mol. The molecule has 8 heteroatoms. The summed E-state index contributed by atoms with van der Waals surface area (Å²) in [4.78, 5) is 39.6. The molecule has 1 fully saturated rings. The lowest BCUT2D eigenvalue weighted by molar-refractivity contribution is -0.124. The van der Waals surface area contributed by atoms with Gasteiger partial charge in [-0.1, -0.05) is 18.2 Å². The van der Waals surface area contributed by atoms with Gasteiger partial charge in [0.15, 0.2) is 0 Å². The topological polar surface area (TPSA) is 78.5 Å². The van der Waals surface area contributed by atoms with Crippen LogP contribution in [0.2, 0.25) is 0 Å². The fourth-order valence-electron chi connectivity index (χ4n) is 3.75. The highest BCUT2D eigenvalue weighted by Crippen LogP contribution is 2.23. The first-order chi connectivity index (χ1) is 15.4. The van der Waals surface area contributed by atoms with Crippen LogP contribution in [0.1, 0.15) is 33.6 Å². The quantitative estimate of drug-likeness (QED) is 0.649. The number of hydrogen-bond donors (Lipinski definition) is 2. The molecule has 1 unspecified atom stereocenters. The number of piperidine rings is 1. The average Bonchev–Trinajstić information content (AvgIpc) is 2.81. The Bertz CT molecular complexity index is 986. The number of nitrogens with zero attached hydrogens (tertiary/aromatic N) is 1. The van der Waals surface area contributed by atoms with Crippen molar-refractivity contribution in [1.29, 1.82) is 0 Å². The molecule has 0 bridgehead atoms. The van der Waals surface area contributed by atoms with Gasteiger partial charge >= 0.3 is 0 Å². The summed E-state index contributed by atoms with van der Waals surface area (Å²) in [5, 5.41) is 5.45. The predicted molar refractivity (Wildman–Crippen MR) is 116 cm³/mol. The average molecular weight is 441 g/mol. The second-order valence-electron chi connectivity index (χ2n) is 7.60. The lowest BCUT2D eigenvalue weighted by Crippen LogP contribution is -2.53. The van der Waals surface area contributed by atoms with Crippen LogP contribution in [-0.4, -0.2) is 48.3 Å². The van der Waals surface area contributed by atoms with Crippen LogP contribution in [0.15, 0.2) is 61.2 Å². The van der Waals surface area contributed by atoms with Crippen LogP contribution in [0.5, 0.6) is 0 Å². The van der Waals surface area contributed by atoms with E-state index in [0.717, 1.165) is 0 Å². The lowest BCUT2D eigenvalue weighted by atomic mass is 9.88. The van der Waals surface area contributed by atoms with E-state index in [9.17, 15) is 23.2 Å². The molecule has 1 aliphatic heterocycles. The molecule has 32 heavy (non-hydrogen) atoms. The Morgan fingerprint density at radius 3 is 2.34 bits per heavy atom. The summed E-state index contributed by atoms with van der Waals surface area (Å²) < 4.78 is 27.1. The molecule has 2 aromatic carbocycles. The first-order valence-electron chi connectivity index (χ1n) is 10.4. The van der Waals surface area contributed by atoms with E-state index in [1.165, 1.54) is 48.5 Å². The van der Waals surface area contributed by atoms with Gasteiger partial charge in [-0.3, -0.25) is 14.4 Å². The molecule has 3 amide bonds. The standard InChI is InChI=1S/C24H25F2N3O3/c1-2-13-27-23(31)21(28-22(30)17-7-9-18(25)10-8-17)16-11-14-29(15-12-16)24(32)19-5-3-4-6-20(19)26/h2-10,16,21H,1,11-15H2,(H,27,31)(H,28,30). The molecule has 2 N–H and O–H groups in total. The molecule has 3 rings (SSSR count). The second kappa shape index (κ2) is 10.7. The molecule has 1 heterocycles. The molecule has 1 saturated heterocycles. The van der Waals surface area contributed by atoms with Gasteiger partial charge < -0.3 is 15.5 Å². The van der Waals surface area contributed by atoms with Gasteiger partial charge in [-0.05, 0) is 55.2 Å². The molecule has 1 aliphatic rings. The Labute approximate surface area is 185 Å². The molecule has 168 valence electrons. The SMILES string of the molecule is C=CCNC(=O)C(NC(=O)c1ccc(F)cc1)C1CCN(C(=O)c2ccccc2F)CC1. The summed E-state index contributed by atoms with van der Waals surface area (Å²) in [6.07, 6.45) is 2.44. The zero-order valence-electron chi connectivity index (χ0n) is 17.5. The fraction of sp³-hybridized carbons (Fsp3) is 0.292. The maximum absolute atomic E-state index is 14.0. The Morgan fingerprint density at radius 1 is 1.06 bits per heavy atom. The van der Waals surface area contributed by atoms with Crippen molar-refractivity contribution in [1.82, 2.24) is 15.5 Å². The number of amides is 3. The Balaban J connectivity index is 1.69. The van der Waals surface area contributed by atoms with E-state index in [4.69, 9.17) is 0 Å². The number of hydrogen-bond acceptors (Lipinski definition) is 3. The van der Waals surface area contributed by atoms with E-state index in [2.05, 4.69) is 17.2 Å². The zero-order valence-corrected chi connectivity index (χ0v) is 17.5. The molecule has 0 saturated carbocycles. The first-order valence-corrected chi connectivity index (χ1v) is 10.4. The summed E-state index contributed by atoms with van der Waals surface area (Å²) in [5.74, 6) is -2.52. The molecular weight excluding hydrogens is 416 g/mol. The van der Waals surface area contributed by atoms with E-state index in [0.29, 0.717) is 25.9 Å². The minimum absolute atomic E-state index is 0.0100. The van der Waals surface area contributed by atoms with E-state index >= 15 is 0 Å². The summed E-state index contributed by atoms with van der Waals surface area (Å²) in [5.41, 5.74) is 0.246. The third kappa shape index (κ3) is 5.57. The Morgan fingerprint density at radius 2 is 1.72 bits per heavy atom. The number of carbonyl (C=O) groups is 3. The highest BCUT2D eigenvalue weighted by molar-refractivity contribution is 5.97. The van der Waals surface area contributed by atoms with Crippen LogP contribution in [0.3, 0.4) is 0 Å². The Hall–Kier alpha value is -3.55. The van der Waals surface area contributed by atoms with Gasteiger partial charge in [0.05, 0.1) is 5.56 Å². The van der Waals surface area contributed by atoms with Crippen molar-refractivity contribution < 1.29 is 23.2 Å². The van der Waals surface area contributed by atoms with Gasteiger partial charge in [0.25, 0.3) is 11.8 Å². The molecule has 0 aromatic heterocycles. The van der Waals surface area contributed by atoms with Gasteiger partial charge in [-0.15, -0.1) is 6.58 Å². The number of rotatable bonds is 7. The van der Waals surface area contributed by atoms with Crippen LogP contribution < -0.4 is 10.6 Å². The summed E-state index contributed by atoms with van der Waals surface area (Å²) in [7, 11) is 0. The number of likely N-dealkylation sites (tertiary alicyclic amines) is 1. The van der Waals surface area contributed by atoms with Gasteiger partial charge in [0.1, 0.15) is 17.7 Å². The van der Waals surface area contributed by atoms with Crippen LogP contribution >= 0.6 is 0 Å². The van der Waals surface area contributed by atoms with E-state index < -0.39 is 29.5 Å². The summed E-state index contributed by atoms with van der Waals surface area (Å²) in [6.45, 7) is 4.47. The van der Waals surface area contributed by atoms with Crippen LogP contribution in [0, 0.1) is 17.6 Å². The summed E-state index contributed by atoms with van der Waals surface area (Å²) in [6, 6.07) is 10.0. The molecule has 1 atom stereocenters. The van der Waals surface area contributed by atoms with Crippen molar-refractivity contribution in [2.24, 2.45) is 5.92 Å². The van der Waals surface area contributed by atoms with Gasteiger partial charge in [0, 0.05) is 25.2 Å². The minimum atomic E-state index is -0.835. The van der Waals surface area contributed by atoms with Crippen molar-refractivity contribution in [3.8, 4) is 0 Å². The zero-order chi connectivity index (χ0) is 23.1. The molecule has 0 spiro atoms.